The van der Waals surface area contributed by atoms with Crippen LogP contribution in [0.3, 0.4) is 0 Å². The fraction of sp³-hybridized carbons (Fsp3) is 0.364. The van der Waals surface area contributed by atoms with Crippen molar-refractivity contribution >= 4 is 21.7 Å². The van der Waals surface area contributed by atoms with Crippen LogP contribution >= 0.6 is 0 Å². The van der Waals surface area contributed by atoms with Crippen LogP contribution < -0.4 is 19.5 Å². The summed E-state index contributed by atoms with van der Waals surface area (Å²) in [6.45, 7) is 4.43. The molecule has 0 aromatic heterocycles. The van der Waals surface area contributed by atoms with Gasteiger partial charge in [-0.2, -0.15) is 0 Å². The number of Topliss-reactive ketones (excluding diaryl/α,β-unsaturated/α-hetero) is 1. The minimum Gasteiger partial charge on any atom is -0.486 e. The van der Waals surface area contributed by atoms with Gasteiger partial charge in [-0.3, -0.25) is 9.59 Å². The predicted octanol–water partition coefficient (Wildman–Crippen LogP) is 2.60. The molecule has 8 nitrogen and oxygen atoms in total. The lowest BCUT2D eigenvalue weighted by Crippen LogP contribution is -2.29. The van der Waals surface area contributed by atoms with Crippen LogP contribution in [0.2, 0.25) is 0 Å². The van der Waals surface area contributed by atoms with E-state index in [2.05, 4.69) is 10.0 Å². The van der Waals surface area contributed by atoms with Crippen LogP contribution in [-0.4, -0.2) is 39.9 Å². The summed E-state index contributed by atoms with van der Waals surface area (Å²) in [5, 5.41) is 2.90. The Morgan fingerprint density at radius 1 is 1.03 bits per heavy atom. The molecule has 1 heterocycles. The van der Waals surface area contributed by atoms with Gasteiger partial charge in [0, 0.05) is 18.5 Å². The van der Waals surface area contributed by atoms with Crippen molar-refractivity contribution in [3.05, 3.63) is 53.6 Å². The van der Waals surface area contributed by atoms with Gasteiger partial charge < -0.3 is 14.8 Å². The van der Waals surface area contributed by atoms with Gasteiger partial charge in [-0.05, 0) is 50.1 Å². The Kier molecular flexibility index (Phi) is 7.29. The summed E-state index contributed by atoms with van der Waals surface area (Å²) in [4.78, 5) is 23.6. The molecule has 0 saturated heterocycles. The Balaban J connectivity index is 1.45. The topological polar surface area (TPSA) is 111 Å². The van der Waals surface area contributed by atoms with Crippen LogP contribution in [0.1, 0.15) is 48.7 Å². The van der Waals surface area contributed by atoms with Crippen molar-refractivity contribution in [2.75, 3.05) is 19.8 Å². The van der Waals surface area contributed by atoms with Gasteiger partial charge in [0.15, 0.2) is 17.3 Å². The zero-order valence-corrected chi connectivity index (χ0v) is 18.3. The Labute approximate surface area is 182 Å². The highest BCUT2D eigenvalue weighted by atomic mass is 32.2. The summed E-state index contributed by atoms with van der Waals surface area (Å²) in [6, 6.07) is 11.1. The zero-order valence-electron chi connectivity index (χ0n) is 17.5. The van der Waals surface area contributed by atoms with Crippen molar-refractivity contribution in [3.8, 4) is 11.5 Å². The summed E-state index contributed by atoms with van der Waals surface area (Å²) in [5.74, 6) is 1.05. The first kappa shape index (κ1) is 22.8. The third-order valence-corrected chi connectivity index (χ3v) is 6.36. The number of ketones is 1. The normalized spacial score (nSPS) is 14.0. The number of benzene rings is 2. The van der Waals surface area contributed by atoms with Gasteiger partial charge in [-0.1, -0.05) is 18.2 Å². The number of hydrogen-bond acceptors (Lipinski definition) is 6. The van der Waals surface area contributed by atoms with Crippen LogP contribution in [-0.2, 0) is 14.8 Å². The number of carbonyl (C=O) groups excluding carboxylic acids is 2. The zero-order chi connectivity index (χ0) is 22.4. The highest BCUT2D eigenvalue weighted by Crippen LogP contribution is 2.32. The van der Waals surface area contributed by atoms with Crippen LogP contribution in [0.5, 0.6) is 11.5 Å². The smallest absolute Gasteiger partial charge is 0.240 e. The van der Waals surface area contributed by atoms with E-state index in [1.165, 1.54) is 31.2 Å². The molecule has 31 heavy (non-hydrogen) atoms. The second-order valence-electron chi connectivity index (χ2n) is 7.27. The lowest BCUT2D eigenvalue weighted by atomic mass is 10.1. The molecule has 0 saturated carbocycles. The number of hydrogen-bond donors (Lipinski definition) is 2. The van der Waals surface area contributed by atoms with E-state index in [0.29, 0.717) is 36.7 Å². The molecule has 0 spiro atoms. The molecular formula is C22H26N2O6S. The fourth-order valence-electron chi connectivity index (χ4n) is 3.13. The van der Waals surface area contributed by atoms with Crippen molar-refractivity contribution in [3.63, 3.8) is 0 Å². The lowest BCUT2D eigenvalue weighted by Gasteiger charge is -2.21. The van der Waals surface area contributed by atoms with E-state index < -0.39 is 10.0 Å². The quantitative estimate of drug-likeness (QED) is 0.453. The van der Waals surface area contributed by atoms with Gasteiger partial charge in [-0.15, -0.1) is 0 Å². The first-order valence-corrected chi connectivity index (χ1v) is 11.5. The van der Waals surface area contributed by atoms with E-state index in [-0.39, 0.29) is 35.6 Å². The molecule has 2 aromatic carbocycles. The molecule has 1 amide bonds. The Hall–Kier alpha value is -2.91. The van der Waals surface area contributed by atoms with Gasteiger partial charge in [-0.25, -0.2) is 13.1 Å². The molecular weight excluding hydrogens is 420 g/mol. The monoisotopic (exact) mass is 446 g/mol. The van der Waals surface area contributed by atoms with E-state index in [4.69, 9.17) is 9.47 Å². The summed E-state index contributed by atoms with van der Waals surface area (Å²) >= 11 is 0. The largest absolute Gasteiger partial charge is 0.486 e. The molecule has 2 N–H and O–H groups in total. The van der Waals surface area contributed by atoms with Crippen molar-refractivity contribution in [2.45, 2.75) is 37.6 Å². The van der Waals surface area contributed by atoms with E-state index in [0.717, 1.165) is 5.56 Å². The van der Waals surface area contributed by atoms with Crippen molar-refractivity contribution in [2.24, 2.45) is 0 Å². The van der Waals surface area contributed by atoms with Gasteiger partial charge in [0.25, 0.3) is 0 Å². The third kappa shape index (κ3) is 6.05. The molecule has 1 aliphatic heterocycles. The fourth-order valence-corrected chi connectivity index (χ4v) is 4.21. The Bertz CT molecular complexity index is 1050. The molecule has 1 atom stereocenters. The van der Waals surface area contributed by atoms with Crippen LogP contribution in [0.15, 0.2) is 47.4 Å². The van der Waals surface area contributed by atoms with Gasteiger partial charge >= 0.3 is 0 Å². The number of sulfonamides is 1. The SMILES string of the molecule is CC(=O)c1ccc(S(=O)(=O)NCCCC(=O)NC(C)c2ccc3c(c2)OCCO3)cc1. The Morgan fingerprint density at radius 2 is 1.71 bits per heavy atom. The predicted molar refractivity (Wildman–Crippen MR) is 115 cm³/mol. The van der Waals surface area contributed by atoms with E-state index in [1.54, 1.807) is 0 Å². The molecule has 1 aliphatic rings. The molecule has 2 aromatic rings. The van der Waals surface area contributed by atoms with Crippen molar-refractivity contribution in [1.82, 2.24) is 10.0 Å². The first-order valence-electron chi connectivity index (χ1n) is 10.1. The molecule has 0 fully saturated rings. The minimum atomic E-state index is -3.69. The molecule has 0 aliphatic carbocycles. The van der Waals surface area contributed by atoms with Gasteiger partial charge in [0.2, 0.25) is 15.9 Å². The second kappa shape index (κ2) is 9.93. The van der Waals surface area contributed by atoms with Gasteiger partial charge in [0.05, 0.1) is 10.9 Å². The number of carbonyl (C=O) groups is 2. The molecule has 0 radical (unpaired) electrons. The Morgan fingerprint density at radius 3 is 2.39 bits per heavy atom. The summed E-state index contributed by atoms with van der Waals surface area (Å²) in [6.07, 6.45) is 0.533. The maximum absolute atomic E-state index is 12.3. The summed E-state index contributed by atoms with van der Waals surface area (Å²) < 4.78 is 38.2. The average molecular weight is 447 g/mol. The minimum absolute atomic E-state index is 0.0779. The van der Waals surface area contributed by atoms with E-state index >= 15 is 0 Å². The number of rotatable bonds is 9. The average Bonchev–Trinajstić information content (AvgIpc) is 2.76. The summed E-state index contributed by atoms with van der Waals surface area (Å²) in [5.41, 5.74) is 1.34. The number of nitrogens with one attached hydrogen (secondary N) is 2. The standard InChI is InChI=1S/C22H26N2O6S/c1-15(18-7-10-20-21(14-18)30-13-12-29-20)24-22(26)4-3-11-23-31(27,28)19-8-5-17(6-9-19)16(2)25/h5-10,14-15,23H,3-4,11-13H2,1-2H3,(H,24,26). The van der Waals surface area contributed by atoms with Crippen molar-refractivity contribution in [1.29, 1.82) is 0 Å². The second-order valence-corrected chi connectivity index (χ2v) is 9.04. The summed E-state index contributed by atoms with van der Waals surface area (Å²) in [7, 11) is -3.69. The highest BCUT2D eigenvalue weighted by Gasteiger charge is 2.17. The number of amides is 1. The molecule has 3 rings (SSSR count). The molecule has 166 valence electrons. The number of ether oxygens (including phenoxy) is 2. The van der Waals surface area contributed by atoms with E-state index in [9.17, 15) is 18.0 Å². The lowest BCUT2D eigenvalue weighted by molar-refractivity contribution is -0.121. The van der Waals surface area contributed by atoms with Crippen molar-refractivity contribution < 1.29 is 27.5 Å². The number of fused-ring (bicyclic) bond motifs is 1. The molecule has 9 heteroatoms. The third-order valence-electron chi connectivity index (χ3n) is 4.89. The van der Waals surface area contributed by atoms with Gasteiger partial charge in [0.1, 0.15) is 13.2 Å². The van der Waals surface area contributed by atoms with Crippen LogP contribution in [0.25, 0.3) is 0 Å². The first-order chi connectivity index (χ1) is 14.8. The van der Waals surface area contributed by atoms with E-state index in [1.807, 2.05) is 25.1 Å². The molecule has 1 unspecified atom stereocenters. The maximum atomic E-state index is 12.3. The highest BCUT2D eigenvalue weighted by molar-refractivity contribution is 7.89. The van der Waals surface area contributed by atoms with Crippen LogP contribution in [0.4, 0.5) is 0 Å². The molecule has 0 bridgehead atoms. The maximum Gasteiger partial charge on any atom is 0.240 e. The van der Waals surface area contributed by atoms with Crippen LogP contribution in [0, 0.1) is 0 Å².